The summed E-state index contributed by atoms with van der Waals surface area (Å²) in [6.45, 7) is 1.88. The predicted octanol–water partition coefficient (Wildman–Crippen LogP) is 1.59. The highest BCUT2D eigenvalue weighted by molar-refractivity contribution is 5.94. The molecule has 1 spiro atoms. The van der Waals surface area contributed by atoms with E-state index in [2.05, 4.69) is 15.0 Å². The molecule has 0 unspecified atom stereocenters. The molecule has 2 heterocycles. The lowest BCUT2D eigenvalue weighted by molar-refractivity contribution is -0.192. The van der Waals surface area contributed by atoms with Gasteiger partial charge in [0.1, 0.15) is 6.10 Å². The fourth-order valence-corrected chi connectivity index (χ4v) is 7.07. The summed E-state index contributed by atoms with van der Waals surface area (Å²) >= 11 is 0. The molecule has 1 aromatic rings. The predicted molar refractivity (Wildman–Crippen MR) is 125 cm³/mol. The number of carbonyl (C=O) groups excluding carboxylic acids is 2. The van der Waals surface area contributed by atoms with Gasteiger partial charge in [0.2, 0.25) is 5.91 Å². The summed E-state index contributed by atoms with van der Waals surface area (Å²) in [5.41, 5.74) is 0.390. The Bertz CT molecular complexity index is 1060. The minimum absolute atomic E-state index is 0. The third-order valence-corrected chi connectivity index (χ3v) is 8.66. The van der Waals surface area contributed by atoms with E-state index in [4.69, 9.17) is 4.74 Å². The second kappa shape index (κ2) is 8.14. The standard InChI is InChI=1S/C25H30N2O6.ClH/c1-32-20(30)7-6-19(29)26-16-8-9-25(31)18-12-15-4-5-17(28)22-21(15)24(25,23(16)33-22)10-11-27(18)13-14-2-3-14;/h4-7,14,16,18,23,28,31H,2-3,8-13H2,1H3,(H,26,29);1H/b7-6+;/t16-,18+,23-,24-,25+;/m0./s1. The van der Waals surface area contributed by atoms with Gasteiger partial charge in [-0.25, -0.2) is 4.79 Å². The number of nitrogens with one attached hydrogen (secondary N) is 1. The molecule has 6 rings (SSSR count). The number of hydrogen-bond acceptors (Lipinski definition) is 7. The maximum atomic E-state index is 12.6. The van der Waals surface area contributed by atoms with Crippen LogP contribution in [0.3, 0.4) is 0 Å². The molecule has 3 N–H and O–H groups in total. The molecule has 2 aliphatic heterocycles. The van der Waals surface area contributed by atoms with Crippen LogP contribution in [0.2, 0.25) is 0 Å². The molecular weight excluding hydrogens is 460 g/mol. The number of amides is 1. The van der Waals surface area contributed by atoms with Crippen molar-refractivity contribution in [3.05, 3.63) is 35.4 Å². The van der Waals surface area contributed by atoms with Gasteiger partial charge in [0.25, 0.3) is 0 Å². The Morgan fingerprint density at radius 2 is 2.06 bits per heavy atom. The minimum Gasteiger partial charge on any atom is -0.504 e. The first-order chi connectivity index (χ1) is 15.9. The summed E-state index contributed by atoms with van der Waals surface area (Å²) in [6.07, 6.45) is 6.84. The molecule has 1 amide bonds. The number of phenolic OH excluding ortho intramolecular Hbond substituents is 1. The van der Waals surface area contributed by atoms with Gasteiger partial charge in [-0.3, -0.25) is 9.69 Å². The number of benzene rings is 1. The third kappa shape index (κ3) is 3.18. The summed E-state index contributed by atoms with van der Waals surface area (Å²) in [5, 5.41) is 26.0. The van der Waals surface area contributed by atoms with Crippen molar-refractivity contribution in [3.8, 4) is 11.5 Å². The van der Waals surface area contributed by atoms with E-state index < -0.39 is 29.0 Å². The maximum absolute atomic E-state index is 12.6. The molecule has 5 aliphatic rings. The number of ether oxygens (including phenoxy) is 2. The molecular formula is C25H31ClN2O6. The SMILES string of the molecule is COC(=O)/C=C/C(=O)N[C@H]1CC[C@@]2(O)[C@H]3Cc4ccc(O)c5c4[C@@]2(CCN3CC2CC2)[C@H]1O5.Cl. The Morgan fingerprint density at radius 3 is 2.79 bits per heavy atom. The molecule has 34 heavy (non-hydrogen) atoms. The number of nitrogens with zero attached hydrogens (tertiary/aromatic N) is 1. The smallest absolute Gasteiger partial charge is 0.330 e. The van der Waals surface area contributed by atoms with Crippen molar-refractivity contribution in [3.63, 3.8) is 0 Å². The Kier molecular flexibility index (Phi) is 5.61. The van der Waals surface area contributed by atoms with Gasteiger partial charge in [-0.05, 0) is 62.6 Å². The van der Waals surface area contributed by atoms with E-state index in [1.54, 1.807) is 6.07 Å². The lowest BCUT2D eigenvalue weighted by Gasteiger charge is -2.64. The highest BCUT2D eigenvalue weighted by atomic mass is 35.5. The Morgan fingerprint density at radius 1 is 1.26 bits per heavy atom. The fourth-order valence-electron chi connectivity index (χ4n) is 7.07. The number of aliphatic hydroxyl groups is 1. The number of methoxy groups -OCH3 is 1. The van der Waals surface area contributed by atoms with Crippen LogP contribution in [0.15, 0.2) is 24.3 Å². The first-order valence-corrected chi connectivity index (χ1v) is 11.9. The van der Waals surface area contributed by atoms with E-state index in [1.807, 2.05) is 6.07 Å². The van der Waals surface area contributed by atoms with Crippen molar-refractivity contribution in [1.82, 2.24) is 10.2 Å². The van der Waals surface area contributed by atoms with Gasteiger partial charge >= 0.3 is 5.97 Å². The summed E-state index contributed by atoms with van der Waals surface area (Å²) in [6, 6.07) is 3.29. The molecule has 0 radical (unpaired) electrons. The van der Waals surface area contributed by atoms with Crippen LogP contribution >= 0.6 is 12.4 Å². The van der Waals surface area contributed by atoms with Crippen LogP contribution in [0.25, 0.3) is 0 Å². The molecule has 184 valence electrons. The van der Waals surface area contributed by atoms with Crippen LogP contribution in [0.1, 0.15) is 43.2 Å². The number of phenols is 1. The van der Waals surface area contributed by atoms with Gasteiger partial charge in [-0.15, -0.1) is 12.4 Å². The van der Waals surface area contributed by atoms with Gasteiger partial charge in [-0.2, -0.15) is 0 Å². The number of esters is 1. The van der Waals surface area contributed by atoms with Crippen molar-refractivity contribution in [2.24, 2.45) is 5.92 Å². The molecule has 0 aromatic heterocycles. The van der Waals surface area contributed by atoms with Gasteiger partial charge in [-0.1, -0.05) is 6.07 Å². The summed E-state index contributed by atoms with van der Waals surface area (Å²) in [4.78, 5) is 26.4. The van der Waals surface area contributed by atoms with Crippen molar-refractivity contribution in [2.75, 3.05) is 20.2 Å². The molecule has 8 nitrogen and oxygen atoms in total. The van der Waals surface area contributed by atoms with Crippen LogP contribution in [-0.4, -0.2) is 71.0 Å². The normalized spacial score (nSPS) is 35.2. The van der Waals surface area contributed by atoms with Gasteiger partial charge in [0, 0.05) is 30.3 Å². The van der Waals surface area contributed by atoms with E-state index in [9.17, 15) is 19.8 Å². The van der Waals surface area contributed by atoms with Gasteiger partial charge < -0.3 is 25.0 Å². The highest BCUT2D eigenvalue weighted by Gasteiger charge is 2.73. The fraction of sp³-hybridized carbons (Fsp3) is 0.600. The second-order valence-electron chi connectivity index (χ2n) is 10.3. The zero-order chi connectivity index (χ0) is 23.0. The van der Waals surface area contributed by atoms with E-state index in [-0.39, 0.29) is 30.2 Å². The van der Waals surface area contributed by atoms with E-state index in [0.29, 0.717) is 25.0 Å². The number of carbonyl (C=O) groups is 2. The van der Waals surface area contributed by atoms with Crippen molar-refractivity contribution >= 4 is 24.3 Å². The lowest BCUT2D eigenvalue weighted by atomic mass is 9.48. The minimum atomic E-state index is -0.986. The van der Waals surface area contributed by atoms with Crippen molar-refractivity contribution in [2.45, 2.75) is 67.7 Å². The van der Waals surface area contributed by atoms with Crippen LogP contribution in [0.5, 0.6) is 11.5 Å². The summed E-state index contributed by atoms with van der Waals surface area (Å²) in [7, 11) is 1.26. The summed E-state index contributed by atoms with van der Waals surface area (Å²) < 4.78 is 11.0. The Balaban J connectivity index is 0.00000241. The van der Waals surface area contributed by atoms with Crippen LogP contribution < -0.4 is 10.1 Å². The van der Waals surface area contributed by atoms with Gasteiger partial charge in [0.15, 0.2) is 11.5 Å². The topological polar surface area (TPSA) is 108 Å². The Hall–Kier alpha value is -2.29. The average molecular weight is 491 g/mol. The Labute approximate surface area is 204 Å². The van der Waals surface area contributed by atoms with Crippen molar-refractivity contribution < 1.29 is 29.3 Å². The van der Waals surface area contributed by atoms with E-state index >= 15 is 0 Å². The van der Waals surface area contributed by atoms with Gasteiger partial charge in [0.05, 0.1) is 24.2 Å². The quantitative estimate of drug-likeness (QED) is 0.425. The first kappa shape index (κ1) is 23.5. The average Bonchev–Trinajstić information content (AvgIpc) is 3.54. The number of halogens is 1. The number of likely N-dealkylation sites (tertiary alicyclic amines) is 1. The number of piperidine rings is 1. The monoisotopic (exact) mass is 490 g/mol. The van der Waals surface area contributed by atoms with Crippen LogP contribution in [0.4, 0.5) is 0 Å². The lowest BCUT2D eigenvalue weighted by Crippen LogP contribution is -2.78. The van der Waals surface area contributed by atoms with Crippen molar-refractivity contribution in [1.29, 1.82) is 0 Å². The molecule has 3 fully saturated rings. The molecule has 2 bridgehead atoms. The van der Waals surface area contributed by atoms with E-state index in [1.165, 1.54) is 20.0 Å². The largest absolute Gasteiger partial charge is 0.504 e. The molecule has 1 aromatic carbocycles. The third-order valence-electron chi connectivity index (χ3n) is 8.66. The van der Waals surface area contributed by atoms with E-state index in [0.717, 1.165) is 48.7 Å². The molecule has 9 heteroatoms. The molecule has 5 atom stereocenters. The molecule has 1 saturated heterocycles. The summed E-state index contributed by atoms with van der Waals surface area (Å²) in [5.74, 6) is 0.256. The molecule has 2 saturated carbocycles. The molecule has 3 aliphatic carbocycles. The number of rotatable bonds is 5. The maximum Gasteiger partial charge on any atom is 0.330 e. The highest BCUT2D eigenvalue weighted by Crippen LogP contribution is 2.65. The second-order valence-corrected chi connectivity index (χ2v) is 10.3. The van der Waals surface area contributed by atoms with Crippen LogP contribution in [0, 0.1) is 5.92 Å². The van der Waals surface area contributed by atoms with Crippen LogP contribution in [-0.2, 0) is 26.2 Å². The zero-order valence-electron chi connectivity index (χ0n) is 19.2. The first-order valence-electron chi connectivity index (χ1n) is 11.9. The number of aromatic hydroxyl groups is 1. The zero-order valence-corrected chi connectivity index (χ0v) is 20.0. The number of hydrogen-bond donors (Lipinski definition) is 3.